The molecule has 1 rings (SSSR count). The van der Waals surface area contributed by atoms with Gasteiger partial charge in [0.2, 0.25) is 0 Å². The van der Waals surface area contributed by atoms with Gasteiger partial charge in [-0.05, 0) is 30.6 Å². The van der Waals surface area contributed by atoms with Gasteiger partial charge in [-0.2, -0.15) is 13.2 Å². The van der Waals surface area contributed by atoms with Gasteiger partial charge in [-0.1, -0.05) is 20.8 Å². The molecule has 0 bridgehead atoms. The van der Waals surface area contributed by atoms with Crippen molar-refractivity contribution in [3.8, 4) is 0 Å². The maximum atomic E-state index is 13.0. The molecular weight excluding hydrogens is 285 g/mol. The fourth-order valence-electron chi connectivity index (χ4n) is 2.42. The number of rotatable bonds is 3. The number of amides is 2. The monoisotopic (exact) mass is 310 g/mol. The number of carbonyl (C=O) groups is 1. The Bertz CT molecular complexity index is 345. The second kappa shape index (κ2) is 6.85. The van der Waals surface area contributed by atoms with E-state index in [4.69, 9.17) is 5.11 Å². The lowest BCUT2D eigenvalue weighted by atomic mass is 9.88. The zero-order valence-electron chi connectivity index (χ0n) is 12.8. The van der Waals surface area contributed by atoms with Gasteiger partial charge in [-0.15, -0.1) is 0 Å². The Balaban J connectivity index is 2.61. The molecule has 124 valence electrons. The normalized spacial score (nSPS) is 19.5. The summed E-state index contributed by atoms with van der Waals surface area (Å²) in [5, 5.41) is 11.1. The van der Waals surface area contributed by atoms with Gasteiger partial charge in [0.15, 0.2) is 0 Å². The minimum Gasteiger partial charge on any atom is -0.396 e. The highest BCUT2D eigenvalue weighted by molar-refractivity contribution is 5.74. The summed E-state index contributed by atoms with van der Waals surface area (Å²) in [4.78, 5) is 13.4. The molecule has 4 nitrogen and oxygen atoms in total. The third kappa shape index (κ3) is 6.11. The summed E-state index contributed by atoms with van der Waals surface area (Å²) < 4.78 is 39.1. The highest BCUT2D eigenvalue weighted by atomic mass is 19.4. The Morgan fingerprint density at radius 2 is 1.81 bits per heavy atom. The van der Waals surface area contributed by atoms with Crippen LogP contribution in [-0.4, -0.2) is 48.0 Å². The molecule has 0 aliphatic carbocycles. The van der Waals surface area contributed by atoms with Gasteiger partial charge in [0.1, 0.15) is 6.04 Å². The van der Waals surface area contributed by atoms with Crippen LogP contribution >= 0.6 is 0 Å². The molecule has 7 heteroatoms. The van der Waals surface area contributed by atoms with Crippen molar-refractivity contribution < 1.29 is 23.1 Å². The number of carbonyl (C=O) groups excluding carboxylic acids is 1. The molecule has 0 spiro atoms. The second-order valence-corrected chi connectivity index (χ2v) is 6.92. The molecule has 0 unspecified atom stereocenters. The summed E-state index contributed by atoms with van der Waals surface area (Å²) >= 11 is 0. The number of aliphatic hydroxyl groups is 1. The van der Waals surface area contributed by atoms with Crippen LogP contribution in [0.4, 0.5) is 18.0 Å². The Morgan fingerprint density at radius 3 is 2.19 bits per heavy atom. The van der Waals surface area contributed by atoms with Crippen LogP contribution in [-0.2, 0) is 0 Å². The lowest BCUT2D eigenvalue weighted by Gasteiger charge is -2.34. The van der Waals surface area contributed by atoms with E-state index in [2.05, 4.69) is 5.32 Å². The van der Waals surface area contributed by atoms with Gasteiger partial charge in [-0.25, -0.2) is 4.79 Å². The van der Waals surface area contributed by atoms with Gasteiger partial charge in [0.05, 0.1) is 0 Å². The molecule has 0 saturated carbocycles. The Kier molecular flexibility index (Phi) is 5.90. The Morgan fingerprint density at radius 1 is 1.29 bits per heavy atom. The van der Waals surface area contributed by atoms with Crippen LogP contribution in [0, 0.1) is 11.3 Å². The molecule has 2 N–H and O–H groups in total. The van der Waals surface area contributed by atoms with E-state index in [1.54, 1.807) is 20.8 Å². The predicted octanol–water partition coefficient (Wildman–Crippen LogP) is 2.77. The van der Waals surface area contributed by atoms with Crippen LogP contribution in [0.3, 0.4) is 0 Å². The summed E-state index contributed by atoms with van der Waals surface area (Å²) in [6.07, 6.45) is -3.36. The van der Waals surface area contributed by atoms with E-state index in [1.807, 2.05) is 0 Å². The molecule has 1 heterocycles. The number of aliphatic hydroxyl groups excluding tert-OH is 1. The molecule has 1 aliphatic heterocycles. The molecule has 0 radical (unpaired) electrons. The maximum absolute atomic E-state index is 13.0. The summed E-state index contributed by atoms with van der Waals surface area (Å²) in [6, 6.07) is -2.50. The number of nitrogens with zero attached hydrogens (tertiary/aromatic N) is 1. The first-order valence-corrected chi connectivity index (χ1v) is 7.26. The molecule has 1 saturated heterocycles. The zero-order chi connectivity index (χ0) is 16.3. The number of nitrogens with one attached hydrogen (secondary N) is 1. The molecule has 0 aromatic carbocycles. The number of halogens is 3. The third-order valence-corrected chi connectivity index (χ3v) is 3.67. The average molecular weight is 310 g/mol. The van der Waals surface area contributed by atoms with E-state index in [0.29, 0.717) is 25.9 Å². The lowest BCUT2D eigenvalue weighted by Crippen LogP contribution is -2.53. The number of urea groups is 1. The van der Waals surface area contributed by atoms with Crippen molar-refractivity contribution in [1.29, 1.82) is 0 Å². The quantitative estimate of drug-likeness (QED) is 0.842. The lowest BCUT2D eigenvalue weighted by molar-refractivity contribution is -0.159. The van der Waals surface area contributed by atoms with E-state index in [-0.39, 0.29) is 18.9 Å². The van der Waals surface area contributed by atoms with Crippen molar-refractivity contribution in [2.45, 2.75) is 52.3 Å². The number of hydrogen-bond acceptors (Lipinski definition) is 2. The topological polar surface area (TPSA) is 52.6 Å². The van der Waals surface area contributed by atoms with Crippen LogP contribution in [0.15, 0.2) is 0 Å². The van der Waals surface area contributed by atoms with Gasteiger partial charge >= 0.3 is 12.2 Å². The van der Waals surface area contributed by atoms with Crippen molar-refractivity contribution in [2.75, 3.05) is 19.7 Å². The fourth-order valence-corrected chi connectivity index (χ4v) is 2.42. The maximum Gasteiger partial charge on any atom is 0.408 e. The molecule has 1 fully saturated rings. The standard InChI is InChI=1S/C14H25F3N2O2/c1-13(2,3)8-11(14(15,16)17)18-12(21)19-6-4-10(9-20)5-7-19/h10-11,20H,4-9H2,1-3H3,(H,18,21)/t11-/m1/s1. The average Bonchev–Trinajstić information content (AvgIpc) is 2.35. The van der Waals surface area contributed by atoms with E-state index in [1.165, 1.54) is 4.90 Å². The third-order valence-electron chi connectivity index (χ3n) is 3.67. The van der Waals surface area contributed by atoms with E-state index >= 15 is 0 Å². The van der Waals surface area contributed by atoms with Crippen LogP contribution in [0.1, 0.15) is 40.0 Å². The molecule has 2 amide bonds. The summed E-state index contributed by atoms with van der Waals surface area (Å²) in [5.74, 6) is 0.141. The molecular formula is C14H25F3N2O2. The largest absolute Gasteiger partial charge is 0.408 e. The van der Waals surface area contributed by atoms with Gasteiger partial charge in [0.25, 0.3) is 0 Å². The first-order valence-electron chi connectivity index (χ1n) is 7.26. The van der Waals surface area contributed by atoms with Crippen molar-refractivity contribution in [3.63, 3.8) is 0 Å². The number of alkyl halides is 3. The summed E-state index contributed by atoms with van der Waals surface area (Å²) in [6.45, 7) is 5.97. The van der Waals surface area contributed by atoms with Gasteiger partial charge in [-0.3, -0.25) is 0 Å². The first-order chi connectivity index (χ1) is 9.53. The Labute approximate surface area is 123 Å². The predicted molar refractivity (Wildman–Crippen MR) is 73.8 cm³/mol. The van der Waals surface area contributed by atoms with E-state index in [0.717, 1.165) is 0 Å². The SMILES string of the molecule is CC(C)(C)C[C@@H](NC(=O)N1CCC(CO)CC1)C(F)(F)F. The van der Waals surface area contributed by atoms with Crippen molar-refractivity contribution in [1.82, 2.24) is 10.2 Å². The molecule has 0 aromatic rings. The van der Waals surface area contributed by atoms with Crippen molar-refractivity contribution >= 4 is 6.03 Å². The first kappa shape index (κ1) is 18.1. The molecule has 1 aliphatic rings. The van der Waals surface area contributed by atoms with Crippen molar-refractivity contribution in [2.24, 2.45) is 11.3 Å². The highest BCUT2D eigenvalue weighted by Crippen LogP contribution is 2.30. The summed E-state index contributed by atoms with van der Waals surface area (Å²) in [5.41, 5.74) is -0.530. The smallest absolute Gasteiger partial charge is 0.396 e. The minimum atomic E-state index is -4.45. The minimum absolute atomic E-state index is 0.0602. The number of piperidine rings is 1. The van der Waals surface area contributed by atoms with Crippen LogP contribution in [0.25, 0.3) is 0 Å². The highest BCUT2D eigenvalue weighted by Gasteiger charge is 2.43. The van der Waals surface area contributed by atoms with E-state index in [9.17, 15) is 18.0 Å². The van der Waals surface area contributed by atoms with Crippen LogP contribution in [0.2, 0.25) is 0 Å². The van der Waals surface area contributed by atoms with Gasteiger partial charge < -0.3 is 15.3 Å². The fraction of sp³-hybridized carbons (Fsp3) is 0.929. The molecule has 21 heavy (non-hydrogen) atoms. The number of hydrogen-bond donors (Lipinski definition) is 2. The molecule has 1 atom stereocenters. The summed E-state index contributed by atoms with van der Waals surface area (Å²) in [7, 11) is 0. The number of likely N-dealkylation sites (tertiary alicyclic amines) is 1. The van der Waals surface area contributed by atoms with Crippen molar-refractivity contribution in [3.05, 3.63) is 0 Å². The second-order valence-electron chi connectivity index (χ2n) is 6.92. The van der Waals surface area contributed by atoms with Crippen LogP contribution < -0.4 is 5.32 Å². The zero-order valence-corrected chi connectivity index (χ0v) is 12.8. The Hall–Kier alpha value is -0.980. The van der Waals surface area contributed by atoms with Crippen LogP contribution in [0.5, 0.6) is 0 Å². The molecule has 0 aromatic heterocycles. The van der Waals surface area contributed by atoms with Gasteiger partial charge in [0, 0.05) is 19.7 Å². The van der Waals surface area contributed by atoms with E-state index < -0.39 is 23.7 Å².